The summed E-state index contributed by atoms with van der Waals surface area (Å²) in [6.07, 6.45) is 5.96. The lowest BCUT2D eigenvalue weighted by molar-refractivity contribution is 0.511. The van der Waals surface area contributed by atoms with E-state index in [0.717, 1.165) is 23.6 Å². The van der Waals surface area contributed by atoms with Gasteiger partial charge in [0.1, 0.15) is 0 Å². The van der Waals surface area contributed by atoms with Crippen LogP contribution >= 0.6 is 0 Å². The summed E-state index contributed by atoms with van der Waals surface area (Å²) < 4.78 is 28.0. The molecule has 0 heterocycles. The van der Waals surface area contributed by atoms with Gasteiger partial charge in [-0.05, 0) is 41.2 Å². The molecule has 2 heteroatoms. The molecule has 0 fully saturated rings. The molecule has 134 valence electrons. The number of benzene rings is 3. The number of unbranched alkanes of at least 4 members (excludes halogenated alkanes) is 3. The Morgan fingerprint density at radius 3 is 2.23 bits per heavy atom. The summed E-state index contributed by atoms with van der Waals surface area (Å²) in [5, 5.41) is 0. The first-order valence-electron chi connectivity index (χ1n) is 9.33. The van der Waals surface area contributed by atoms with E-state index < -0.39 is 11.6 Å². The van der Waals surface area contributed by atoms with Gasteiger partial charge < -0.3 is 0 Å². The number of halogens is 2. The van der Waals surface area contributed by atoms with Crippen molar-refractivity contribution < 1.29 is 8.78 Å². The Bertz CT molecular complexity index is 868. The van der Waals surface area contributed by atoms with Crippen molar-refractivity contribution in [1.29, 1.82) is 0 Å². The molecule has 26 heavy (non-hydrogen) atoms. The van der Waals surface area contributed by atoms with Gasteiger partial charge in [0.25, 0.3) is 0 Å². The van der Waals surface area contributed by atoms with Gasteiger partial charge in [-0.3, -0.25) is 0 Å². The highest BCUT2D eigenvalue weighted by Crippen LogP contribution is 2.34. The SMILES string of the molecule is CCCCCCc1cccc(-c2ccccc2-c2cccc(F)c2F)c1. The van der Waals surface area contributed by atoms with Crippen LogP contribution in [-0.4, -0.2) is 0 Å². The molecule has 0 spiro atoms. The van der Waals surface area contributed by atoms with Crippen LogP contribution in [0.3, 0.4) is 0 Å². The fourth-order valence-corrected chi connectivity index (χ4v) is 3.33. The van der Waals surface area contributed by atoms with Crippen molar-refractivity contribution in [1.82, 2.24) is 0 Å². The molecular formula is C24H24F2. The summed E-state index contributed by atoms with van der Waals surface area (Å²) in [5.41, 5.74) is 4.26. The topological polar surface area (TPSA) is 0 Å². The molecule has 0 saturated heterocycles. The normalized spacial score (nSPS) is 10.9. The fourth-order valence-electron chi connectivity index (χ4n) is 3.33. The van der Waals surface area contributed by atoms with Crippen LogP contribution in [0.5, 0.6) is 0 Å². The molecule has 3 aromatic carbocycles. The second-order valence-corrected chi connectivity index (χ2v) is 6.66. The Balaban J connectivity index is 1.94. The van der Waals surface area contributed by atoms with Gasteiger partial charge in [-0.25, -0.2) is 8.78 Å². The van der Waals surface area contributed by atoms with Gasteiger partial charge in [0.15, 0.2) is 11.6 Å². The molecule has 0 bridgehead atoms. The van der Waals surface area contributed by atoms with Crippen molar-refractivity contribution in [2.24, 2.45) is 0 Å². The Kier molecular flexibility index (Phi) is 6.17. The van der Waals surface area contributed by atoms with Crippen molar-refractivity contribution in [3.05, 3.63) is 83.9 Å². The highest BCUT2D eigenvalue weighted by molar-refractivity contribution is 5.83. The maximum absolute atomic E-state index is 14.3. The molecule has 0 aromatic heterocycles. The quantitative estimate of drug-likeness (QED) is 0.389. The van der Waals surface area contributed by atoms with Crippen molar-refractivity contribution in [2.45, 2.75) is 39.0 Å². The number of aryl methyl sites for hydroxylation is 1. The van der Waals surface area contributed by atoms with Crippen LogP contribution in [0.4, 0.5) is 8.78 Å². The predicted octanol–water partition coefficient (Wildman–Crippen LogP) is 7.42. The van der Waals surface area contributed by atoms with Crippen LogP contribution in [-0.2, 0) is 6.42 Å². The van der Waals surface area contributed by atoms with Crippen molar-refractivity contribution in [2.75, 3.05) is 0 Å². The third kappa shape index (κ3) is 4.19. The van der Waals surface area contributed by atoms with Crippen LogP contribution < -0.4 is 0 Å². The van der Waals surface area contributed by atoms with E-state index in [4.69, 9.17) is 0 Å². The zero-order valence-corrected chi connectivity index (χ0v) is 15.1. The fraction of sp³-hybridized carbons (Fsp3) is 0.250. The van der Waals surface area contributed by atoms with Crippen LogP contribution in [0, 0.1) is 11.6 Å². The monoisotopic (exact) mass is 350 g/mol. The Morgan fingerprint density at radius 1 is 0.692 bits per heavy atom. The van der Waals surface area contributed by atoms with Gasteiger partial charge in [0.2, 0.25) is 0 Å². The summed E-state index contributed by atoms with van der Waals surface area (Å²) >= 11 is 0. The predicted molar refractivity (Wildman–Crippen MR) is 105 cm³/mol. The third-order valence-corrected chi connectivity index (χ3v) is 4.73. The summed E-state index contributed by atoms with van der Waals surface area (Å²) in [6.45, 7) is 2.21. The third-order valence-electron chi connectivity index (χ3n) is 4.73. The largest absolute Gasteiger partial charge is 0.204 e. The Labute approximate surface area is 154 Å². The molecule has 0 radical (unpaired) electrons. The smallest absolute Gasteiger partial charge is 0.166 e. The highest BCUT2D eigenvalue weighted by Gasteiger charge is 2.14. The minimum absolute atomic E-state index is 0.300. The van der Waals surface area contributed by atoms with E-state index in [-0.39, 0.29) is 0 Å². The van der Waals surface area contributed by atoms with Crippen molar-refractivity contribution in [3.63, 3.8) is 0 Å². The molecule has 0 unspecified atom stereocenters. The first-order chi connectivity index (χ1) is 12.7. The second-order valence-electron chi connectivity index (χ2n) is 6.66. The minimum Gasteiger partial charge on any atom is -0.204 e. The second kappa shape index (κ2) is 8.75. The molecule has 0 amide bonds. The Morgan fingerprint density at radius 2 is 1.42 bits per heavy atom. The lowest BCUT2D eigenvalue weighted by Crippen LogP contribution is -1.93. The summed E-state index contributed by atoms with van der Waals surface area (Å²) in [4.78, 5) is 0. The molecule has 0 N–H and O–H groups in total. The molecule has 0 atom stereocenters. The maximum atomic E-state index is 14.3. The zero-order chi connectivity index (χ0) is 18.4. The van der Waals surface area contributed by atoms with Crippen LogP contribution in [0.25, 0.3) is 22.3 Å². The molecule has 0 nitrogen and oxygen atoms in total. The first-order valence-corrected chi connectivity index (χ1v) is 9.33. The van der Waals surface area contributed by atoms with E-state index in [1.807, 2.05) is 36.4 Å². The zero-order valence-electron chi connectivity index (χ0n) is 15.1. The molecular weight excluding hydrogens is 326 g/mol. The summed E-state index contributed by atoms with van der Waals surface area (Å²) in [6, 6.07) is 20.3. The first kappa shape index (κ1) is 18.3. The number of hydrogen-bond donors (Lipinski definition) is 0. The molecule has 3 aromatic rings. The highest BCUT2D eigenvalue weighted by atomic mass is 19.2. The van der Waals surface area contributed by atoms with E-state index in [1.54, 1.807) is 12.1 Å². The maximum Gasteiger partial charge on any atom is 0.166 e. The van der Waals surface area contributed by atoms with Gasteiger partial charge >= 0.3 is 0 Å². The molecule has 0 aliphatic rings. The van der Waals surface area contributed by atoms with Crippen molar-refractivity contribution >= 4 is 0 Å². The molecule has 0 aliphatic heterocycles. The Hall–Kier alpha value is -2.48. The molecule has 3 rings (SSSR count). The van der Waals surface area contributed by atoms with Gasteiger partial charge in [-0.15, -0.1) is 0 Å². The van der Waals surface area contributed by atoms with Crippen LogP contribution in [0.1, 0.15) is 38.2 Å². The van der Waals surface area contributed by atoms with Crippen LogP contribution in [0.15, 0.2) is 66.7 Å². The van der Waals surface area contributed by atoms with E-state index in [2.05, 4.69) is 19.1 Å². The van der Waals surface area contributed by atoms with Gasteiger partial charge in [-0.1, -0.05) is 86.8 Å². The van der Waals surface area contributed by atoms with Gasteiger partial charge in [0, 0.05) is 5.56 Å². The van der Waals surface area contributed by atoms with Gasteiger partial charge in [0.05, 0.1) is 0 Å². The summed E-state index contributed by atoms with van der Waals surface area (Å²) in [5.74, 6) is -1.61. The van der Waals surface area contributed by atoms with E-state index in [9.17, 15) is 8.78 Å². The van der Waals surface area contributed by atoms with E-state index in [0.29, 0.717) is 11.1 Å². The summed E-state index contributed by atoms with van der Waals surface area (Å²) in [7, 11) is 0. The lowest BCUT2D eigenvalue weighted by Gasteiger charge is -2.12. The van der Waals surface area contributed by atoms with E-state index in [1.165, 1.54) is 31.2 Å². The lowest BCUT2D eigenvalue weighted by atomic mass is 9.92. The number of hydrogen-bond acceptors (Lipinski definition) is 0. The number of rotatable bonds is 7. The molecule has 0 saturated carbocycles. The average Bonchev–Trinajstić information content (AvgIpc) is 2.68. The average molecular weight is 350 g/mol. The van der Waals surface area contributed by atoms with E-state index >= 15 is 0 Å². The van der Waals surface area contributed by atoms with Crippen molar-refractivity contribution in [3.8, 4) is 22.3 Å². The van der Waals surface area contributed by atoms with Crippen LogP contribution in [0.2, 0.25) is 0 Å². The molecule has 0 aliphatic carbocycles. The minimum atomic E-state index is -0.818. The standard InChI is InChI=1S/C24H24F2/c1-2-3-4-5-10-18-11-8-12-19(17-18)20-13-6-7-14-21(20)22-15-9-16-23(25)24(22)26/h6-9,11-17H,2-5,10H2,1H3. The van der Waals surface area contributed by atoms with Gasteiger partial charge in [-0.2, -0.15) is 0 Å².